The molecule has 1 unspecified atom stereocenters. The number of pyridine rings is 1. The van der Waals surface area contributed by atoms with Crippen LogP contribution in [0.4, 0.5) is 11.6 Å². The van der Waals surface area contributed by atoms with Crippen molar-refractivity contribution in [3.63, 3.8) is 0 Å². The van der Waals surface area contributed by atoms with Crippen LogP contribution in [-0.4, -0.2) is 42.0 Å². The highest BCUT2D eigenvalue weighted by Crippen LogP contribution is 2.10. The van der Waals surface area contributed by atoms with Crippen molar-refractivity contribution < 1.29 is 4.79 Å². The van der Waals surface area contributed by atoms with E-state index in [4.69, 9.17) is 0 Å². The smallest absolute Gasteiger partial charge is 0.244 e. The Kier molecular flexibility index (Phi) is 5.42. The molecule has 0 aliphatic heterocycles. The van der Waals surface area contributed by atoms with Gasteiger partial charge in [0.05, 0.1) is 0 Å². The number of likely N-dealkylation sites (N-methyl/N-ethyl adjacent to an activating group) is 1. The zero-order chi connectivity index (χ0) is 13.5. The third kappa shape index (κ3) is 3.91. The summed E-state index contributed by atoms with van der Waals surface area (Å²) < 4.78 is 0. The zero-order valence-electron chi connectivity index (χ0n) is 11.5. The molecule has 0 aromatic carbocycles. The molecule has 1 amide bonds. The molecule has 0 fully saturated rings. The summed E-state index contributed by atoms with van der Waals surface area (Å²) in [6.07, 6.45) is 0. The predicted molar refractivity (Wildman–Crippen MR) is 74.8 cm³/mol. The van der Waals surface area contributed by atoms with E-state index in [0.717, 1.165) is 12.4 Å². The van der Waals surface area contributed by atoms with Crippen LogP contribution < -0.4 is 10.6 Å². The molecule has 100 valence electrons. The first kappa shape index (κ1) is 14.3. The van der Waals surface area contributed by atoms with Crippen LogP contribution in [0, 0.1) is 0 Å². The maximum Gasteiger partial charge on any atom is 0.244 e. The van der Waals surface area contributed by atoms with E-state index in [0.29, 0.717) is 12.4 Å². The quantitative estimate of drug-likeness (QED) is 0.808. The minimum atomic E-state index is -0.278. The SMILES string of the molecule is CCNc1cccc(NC(C)C(=O)N(C)CC)n1. The zero-order valence-corrected chi connectivity index (χ0v) is 11.5. The van der Waals surface area contributed by atoms with Gasteiger partial charge in [0, 0.05) is 20.1 Å². The Balaban J connectivity index is 2.66. The fourth-order valence-electron chi connectivity index (χ4n) is 1.56. The fourth-order valence-corrected chi connectivity index (χ4v) is 1.56. The summed E-state index contributed by atoms with van der Waals surface area (Å²) in [7, 11) is 1.79. The highest BCUT2D eigenvalue weighted by atomic mass is 16.2. The van der Waals surface area contributed by atoms with Gasteiger partial charge in [0.25, 0.3) is 0 Å². The minimum absolute atomic E-state index is 0.0631. The summed E-state index contributed by atoms with van der Waals surface area (Å²) in [5.41, 5.74) is 0. The first-order valence-electron chi connectivity index (χ1n) is 6.30. The van der Waals surface area contributed by atoms with Gasteiger partial charge in [-0.3, -0.25) is 4.79 Å². The molecule has 1 atom stereocenters. The van der Waals surface area contributed by atoms with Gasteiger partial charge in [-0.1, -0.05) is 6.07 Å². The van der Waals surface area contributed by atoms with E-state index in [1.807, 2.05) is 39.0 Å². The lowest BCUT2D eigenvalue weighted by molar-refractivity contribution is -0.130. The molecule has 18 heavy (non-hydrogen) atoms. The number of hydrogen-bond acceptors (Lipinski definition) is 4. The van der Waals surface area contributed by atoms with Crippen molar-refractivity contribution in [3.05, 3.63) is 18.2 Å². The summed E-state index contributed by atoms with van der Waals surface area (Å²) in [6, 6.07) is 5.39. The number of amides is 1. The summed E-state index contributed by atoms with van der Waals surface area (Å²) >= 11 is 0. The molecule has 1 aromatic heterocycles. The van der Waals surface area contributed by atoms with Crippen LogP contribution in [0.1, 0.15) is 20.8 Å². The number of nitrogens with zero attached hydrogens (tertiary/aromatic N) is 2. The molecule has 5 heteroatoms. The molecule has 0 saturated carbocycles. The van der Waals surface area contributed by atoms with Crippen LogP contribution in [0.2, 0.25) is 0 Å². The molecule has 0 radical (unpaired) electrons. The van der Waals surface area contributed by atoms with Crippen molar-refractivity contribution in [2.75, 3.05) is 30.8 Å². The Morgan fingerprint density at radius 2 is 2.06 bits per heavy atom. The highest BCUT2D eigenvalue weighted by Gasteiger charge is 2.16. The lowest BCUT2D eigenvalue weighted by Crippen LogP contribution is -2.39. The van der Waals surface area contributed by atoms with Gasteiger partial charge in [0.2, 0.25) is 5.91 Å². The first-order valence-corrected chi connectivity index (χ1v) is 6.30. The van der Waals surface area contributed by atoms with Gasteiger partial charge >= 0.3 is 0 Å². The molecule has 0 saturated heterocycles. The van der Waals surface area contributed by atoms with Crippen LogP contribution >= 0.6 is 0 Å². The number of nitrogens with one attached hydrogen (secondary N) is 2. The van der Waals surface area contributed by atoms with Crippen LogP contribution in [-0.2, 0) is 4.79 Å². The molecule has 0 spiro atoms. The van der Waals surface area contributed by atoms with Gasteiger partial charge in [-0.25, -0.2) is 4.98 Å². The summed E-state index contributed by atoms with van der Waals surface area (Å²) in [6.45, 7) is 7.34. The second-order valence-corrected chi connectivity index (χ2v) is 4.16. The number of rotatable bonds is 6. The van der Waals surface area contributed by atoms with E-state index in [9.17, 15) is 4.79 Å². The van der Waals surface area contributed by atoms with Gasteiger partial charge in [0.15, 0.2) is 0 Å². The van der Waals surface area contributed by atoms with Crippen molar-refractivity contribution in [1.82, 2.24) is 9.88 Å². The minimum Gasteiger partial charge on any atom is -0.370 e. The highest BCUT2D eigenvalue weighted by molar-refractivity contribution is 5.83. The lowest BCUT2D eigenvalue weighted by atomic mass is 10.3. The van der Waals surface area contributed by atoms with Crippen molar-refractivity contribution in [1.29, 1.82) is 0 Å². The third-order valence-electron chi connectivity index (χ3n) is 2.69. The second-order valence-electron chi connectivity index (χ2n) is 4.16. The van der Waals surface area contributed by atoms with Gasteiger partial charge in [-0.2, -0.15) is 0 Å². The Morgan fingerprint density at radius 3 is 2.67 bits per heavy atom. The maximum atomic E-state index is 11.9. The van der Waals surface area contributed by atoms with E-state index in [2.05, 4.69) is 15.6 Å². The fraction of sp³-hybridized carbons (Fsp3) is 0.538. The Hall–Kier alpha value is -1.78. The molecule has 0 aliphatic carbocycles. The summed E-state index contributed by atoms with van der Waals surface area (Å²) in [5.74, 6) is 1.58. The van der Waals surface area contributed by atoms with Gasteiger partial charge < -0.3 is 15.5 Å². The summed E-state index contributed by atoms with van der Waals surface area (Å²) in [5, 5.41) is 6.25. The lowest BCUT2D eigenvalue weighted by Gasteiger charge is -2.21. The molecule has 1 rings (SSSR count). The molecule has 5 nitrogen and oxygen atoms in total. The predicted octanol–water partition coefficient (Wildman–Crippen LogP) is 1.79. The second kappa shape index (κ2) is 6.83. The van der Waals surface area contributed by atoms with Crippen molar-refractivity contribution >= 4 is 17.5 Å². The first-order chi connectivity index (χ1) is 8.58. The van der Waals surface area contributed by atoms with E-state index in [-0.39, 0.29) is 11.9 Å². The van der Waals surface area contributed by atoms with E-state index in [1.165, 1.54) is 0 Å². The van der Waals surface area contributed by atoms with E-state index >= 15 is 0 Å². The monoisotopic (exact) mass is 250 g/mol. The van der Waals surface area contributed by atoms with Gasteiger partial charge in [-0.15, -0.1) is 0 Å². The number of anilines is 2. The van der Waals surface area contributed by atoms with Crippen LogP contribution in [0.25, 0.3) is 0 Å². The van der Waals surface area contributed by atoms with Crippen LogP contribution in [0.5, 0.6) is 0 Å². The van der Waals surface area contributed by atoms with Crippen molar-refractivity contribution in [2.45, 2.75) is 26.8 Å². The van der Waals surface area contributed by atoms with Gasteiger partial charge in [0.1, 0.15) is 17.7 Å². The molecular formula is C13H22N4O. The normalized spacial score (nSPS) is 11.8. The number of carbonyl (C=O) groups excluding carboxylic acids is 1. The molecule has 1 aromatic rings. The number of hydrogen-bond donors (Lipinski definition) is 2. The van der Waals surface area contributed by atoms with Crippen LogP contribution in [0.15, 0.2) is 18.2 Å². The third-order valence-corrected chi connectivity index (χ3v) is 2.69. The summed E-state index contributed by atoms with van der Waals surface area (Å²) in [4.78, 5) is 18.0. The van der Waals surface area contributed by atoms with Gasteiger partial charge in [-0.05, 0) is 32.9 Å². The average molecular weight is 250 g/mol. The Bertz CT molecular complexity index is 394. The largest absolute Gasteiger partial charge is 0.370 e. The maximum absolute atomic E-state index is 11.9. The average Bonchev–Trinajstić information content (AvgIpc) is 2.37. The molecule has 2 N–H and O–H groups in total. The van der Waals surface area contributed by atoms with E-state index < -0.39 is 0 Å². The molecule has 0 aliphatic rings. The molecule has 1 heterocycles. The van der Waals surface area contributed by atoms with Crippen molar-refractivity contribution in [3.8, 4) is 0 Å². The standard InChI is InChI=1S/C13H22N4O/c1-5-14-11-8-7-9-12(16-11)15-10(3)13(18)17(4)6-2/h7-10H,5-6H2,1-4H3,(H2,14,15,16). The van der Waals surface area contributed by atoms with Crippen LogP contribution in [0.3, 0.4) is 0 Å². The Labute approximate surface area is 109 Å². The molecular weight excluding hydrogens is 228 g/mol. The number of carbonyl (C=O) groups is 1. The van der Waals surface area contributed by atoms with Crippen molar-refractivity contribution in [2.24, 2.45) is 0 Å². The topological polar surface area (TPSA) is 57.3 Å². The Morgan fingerprint density at radius 1 is 1.39 bits per heavy atom. The van der Waals surface area contributed by atoms with E-state index in [1.54, 1.807) is 11.9 Å². The number of aromatic nitrogens is 1. The molecule has 0 bridgehead atoms.